The van der Waals surface area contributed by atoms with Gasteiger partial charge in [-0.2, -0.15) is 0 Å². The van der Waals surface area contributed by atoms with E-state index in [2.05, 4.69) is 5.32 Å². The molecule has 124 valence electrons. The fourth-order valence-electron chi connectivity index (χ4n) is 2.23. The van der Waals surface area contributed by atoms with Gasteiger partial charge in [0.05, 0.1) is 17.8 Å². The molecule has 0 aromatic carbocycles. The van der Waals surface area contributed by atoms with Crippen LogP contribution < -0.4 is 5.32 Å². The monoisotopic (exact) mass is 340 g/mol. The van der Waals surface area contributed by atoms with Gasteiger partial charge in [0.15, 0.2) is 9.84 Å². The summed E-state index contributed by atoms with van der Waals surface area (Å²) in [5, 5.41) is 2.66. The van der Waals surface area contributed by atoms with Crippen LogP contribution in [0.1, 0.15) is 26.7 Å². The average Bonchev–Trinajstić information content (AvgIpc) is 2.62. The SMILES string of the molecule is CC(C)CN(CCC(=O)NC1CCS(=O)(=O)C1)S(C)(=O)=O. The molecule has 1 rings (SSSR count). The van der Waals surface area contributed by atoms with E-state index in [4.69, 9.17) is 0 Å². The molecule has 1 N–H and O–H groups in total. The molecule has 1 atom stereocenters. The second-order valence-electron chi connectivity index (χ2n) is 5.93. The molecule has 9 heteroatoms. The first-order valence-electron chi connectivity index (χ1n) is 6.94. The standard InChI is InChI=1S/C12H24N2O5S2/c1-10(2)8-14(20(3,16)17)6-4-12(15)13-11-5-7-21(18,19)9-11/h10-11H,4-9H2,1-3H3,(H,13,15). The molecule has 1 aliphatic heterocycles. The van der Waals surface area contributed by atoms with E-state index in [1.165, 1.54) is 4.31 Å². The predicted molar refractivity (Wildman–Crippen MR) is 81.1 cm³/mol. The van der Waals surface area contributed by atoms with Crippen molar-refractivity contribution < 1.29 is 21.6 Å². The van der Waals surface area contributed by atoms with Crippen LogP contribution in [0.4, 0.5) is 0 Å². The van der Waals surface area contributed by atoms with Crippen molar-refractivity contribution in [1.82, 2.24) is 9.62 Å². The molecule has 7 nitrogen and oxygen atoms in total. The number of carbonyl (C=O) groups excluding carboxylic acids is 1. The Hall–Kier alpha value is -0.670. The van der Waals surface area contributed by atoms with Gasteiger partial charge in [-0.15, -0.1) is 0 Å². The summed E-state index contributed by atoms with van der Waals surface area (Å²) in [7, 11) is -6.38. The lowest BCUT2D eigenvalue weighted by Crippen LogP contribution is -2.40. The lowest BCUT2D eigenvalue weighted by Gasteiger charge is -2.22. The van der Waals surface area contributed by atoms with E-state index in [0.29, 0.717) is 13.0 Å². The number of sulfonamides is 1. The number of nitrogens with zero attached hydrogens (tertiary/aromatic N) is 1. The Morgan fingerprint density at radius 1 is 1.38 bits per heavy atom. The van der Waals surface area contributed by atoms with E-state index in [-0.39, 0.29) is 42.3 Å². The molecule has 1 fully saturated rings. The number of hydrogen-bond donors (Lipinski definition) is 1. The minimum absolute atomic E-state index is 0.0273. The van der Waals surface area contributed by atoms with Crippen molar-refractivity contribution in [2.75, 3.05) is 30.9 Å². The van der Waals surface area contributed by atoms with Crippen LogP contribution >= 0.6 is 0 Å². The summed E-state index contributed by atoms with van der Waals surface area (Å²) in [5.41, 5.74) is 0. The molecule has 0 saturated carbocycles. The Labute approximate surface area is 127 Å². The Bertz CT molecular complexity index is 568. The van der Waals surface area contributed by atoms with Gasteiger partial charge in [0.2, 0.25) is 15.9 Å². The third-order valence-electron chi connectivity index (χ3n) is 3.22. The fraction of sp³-hybridized carbons (Fsp3) is 0.917. The van der Waals surface area contributed by atoms with E-state index >= 15 is 0 Å². The van der Waals surface area contributed by atoms with Crippen molar-refractivity contribution in [3.05, 3.63) is 0 Å². The second-order valence-corrected chi connectivity index (χ2v) is 10.1. The molecule has 1 saturated heterocycles. The smallest absolute Gasteiger partial charge is 0.221 e. The van der Waals surface area contributed by atoms with Crippen molar-refractivity contribution in [2.24, 2.45) is 5.92 Å². The molecule has 0 aromatic heterocycles. The molecule has 0 spiro atoms. The van der Waals surface area contributed by atoms with Gasteiger partial charge in [0, 0.05) is 25.6 Å². The van der Waals surface area contributed by atoms with Gasteiger partial charge in [0.25, 0.3) is 0 Å². The lowest BCUT2D eigenvalue weighted by atomic mass is 10.2. The molecule has 0 bridgehead atoms. The van der Waals surface area contributed by atoms with E-state index in [1.54, 1.807) is 0 Å². The van der Waals surface area contributed by atoms with Crippen molar-refractivity contribution in [1.29, 1.82) is 0 Å². The van der Waals surface area contributed by atoms with Crippen molar-refractivity contribution in [3.63, 3.8) is 0 Å². The first kappa shape index (κ1) is 18.4. The van der Waals surface area contributed by atoms with E-state index in [1.807, 2.05) is 13.8 Å². The van der Waals surface area contributed by atoms with E-state index in [9.17, 15) is 21.6 Å². The maximum atomic E-state index is 11.8. The van der Waals surface area contributed by atoms with Crippen LogP contribution in [0, 0.1) is 5.92 Å². The Kier molecular flexibility index (Phi) is 6.18. The quantitative estimate of drug-likeness (QED) is 0.679. The first-order chi connectivity index (χ1) is 9.49. The van der Waals surface area contributed by atoms with E-state index in [0.717, 1.165) is 6.26 Å². The number of rotatable bonds is 7. The molecule has 0 radical (unpaired) electrons. The maximum Gasteiger partial charge on any atom is 0.221 e. The molecule has 1 heterocycles. The third kappa shape index (κ3) is 6.75. The molecular weight excluding hydrogens is 316 g/mol. The summed E-state index contributed by atoms with van der Waals surface area (Å²) in [5.74, 6) is -0.0707. The average molecular weight is 340 g/mol. The highest BCUT2D eigenvalue weighted by molar-refractivity contribution is 7.91. The van der Waals surface area contributed by atoms with Crippen molar-refractivity contribution >= 4 is 25.8 Å². The highest BCUT2D eigenvalue weighted by Gasteiger charge is 2.29. The summed E-state index contributed by atoms with van der Waals surface area (Å²) in [6.45, 7) is 4.29. The summed E-state index contributed by atoms with van der Waals surface area (Å²) >= 11 is 0. The summed E-state index contributed by atoms with van der Waals surface area (Å²) in [4.78, 5) is 11.8. The zero-order valence-corrected chi connectivity index (χ0v) is 14.3. The van der Waals surface area contributed by atoms with Crippen LogP contribution in [-0.2, 0) is 24.7 Å². The highest BCUT2D eigenvalue weighted by Crippen LogP contribution is 2.11. The van der Waals surface area contributed by atoms with Crippen LogP contribution in [0.5, 0.6) is 0 Å². The highest BCUT2D eigenvalue weighted by atomic mass is 32.2. The van der Waals surface area contributed by atoms with Crippen LogP contribution in [0.15, 0.2) is 0 Å². The van der Waals surface area contributed by atoms with Gasteiger partial charge >= 0.3 is 0 Å². The number of carbonyl (C=O) groups is 1. The number of sulfone groups is 1. The number of nitrogens with one attached hydrogen (secondary N) is 1. The number of amides is 1. The summed E-state index contributed by atoms with van der Waals surface area (Å²) in [6.07, 6.45) is 1.59. The molecule has 0 aromatic rings. The van der Waals surface area contributed by atoms with Gasteiger partial charge in [-0.05, 0) is 12.3 Å². The largest absolute Gasteiger partial charge is 0.352 e. The van der Waals surface area contributed by atoms with Gasteiger partial charge in [-0.3, -0.25) is 4.79 Å². The van der Waals surface area contributed by atoms with Gasteiger partial charge in [0.1, 0.15) is 0 Å². The third-order valence-corrected chi connectivity index (χ3v) is 6.26. The zero-order chi connectivity index (χ0) is 16.3. The van der Waals surface area contributed by atoms with Gasteiger partial charge in [-0.1, -0.05) is 13.8 Å². The van der Waals surface area contributed by atoms with Crippen LogP contribution in [0.25, 0.3) is 0 Å². The molecule has 0 aliphatic carbocycles. The molecule has 1 aliphatic rings. The molecule has 1 unspecified atom stereocenters. The molecular formula is C12H24N2O5S2. The summed E-state index contributed by atoms with van der Waals surface area (Å²) < 4.78 is 47.1. The maximum absolute atomic E-state index is 11.8. The topological polar surface area (TPSA) is 101 Å². The molecule has 1 amide bonds. The minimum atomic E-state index is -3.34. The zero-order valence-electron chi connectivity index (χ0n) is 12.7. The van der Waals surface area contributed by atoms with Crippen LogP contribution in [-0.4, -0.2) is 63.9 Å². The number of hydrogen-bond acceptors (Lipinski definition) is 5. The Morgan fingerprint density at radius 2 is 2.00 bits per heavy atom. The van der Waals surface area contributed by atoms with Crippen molar-refractivity contribution in [2.45, 2.75) is 32.7 Å². The van der Waals surface area contributed by atoms with Gasteiger partial charge < -0.3 is 5.32 Å². The Morgan fingerprint density at radius 3 is 2.43 bits per heavy atom. The minimum Gasteiger partial charge on any atom is -0.352 e. The van der Waals surface area contributed by atoms with E-state index < -0.39 is 19.9 Å². The normalized spacial score (nSPS) is 21.9. The lowest BCUT2D eigenvalue weighted by molar-refractivity contribution is -0.121. The summed E-state index contributed by atoms with van der Waals surface area (Å²) in [6, 6.07) is -0.348. The predicted octanol–water partition coefficient (Wildman–Crippen LogP) is -0.403. The van der Waals surface area contributed by atoms with Gasteiger partial charge in [-0.25, -0.2) is 21.1 Å². The second kappa shape index (κ2) is 7.06. The van der Waals surface area contributed by atoms with Crippen molar-refractivity contribution in [3.8, 4) is 0 Å². The first-order valence-corrected chi connectivity index (χ1v) is 10.6. The fourth-order valence-corrected chi connectivity index (χ4v) is 4.90. The van der Waals surface area contributed by atoms with Crippen LogP contribution in [0.2, 0.25) is 0 Å². The molecule has 21 heavy (non-hydrogen) atoms. The Balaban J connectivity index is 2.47. The van der Waals surface area contributed by atoms with Crippen LogP contribution in [0.3, 0.4) is 0 Å².